The van der Waals surface area contributed by atoms with Crippen molar-refractivity contribution < 1.29 is 0 Å². The van der Waals surface area contributed by atoms with Crippen molar-refractivity contribution in [3.8, 4) is 0 Å². The summed E-state index contributed by atoms with van der Waals surface area (Å²) in [4.78, 5) is 13.9. The first-order chi connectivity index (χ1) is 9.31. The van der Waals surface area contributed by atoms with Crippen LogP contribution in [0.5, 0.6) is 0 Å². The average Bonchev–Trinajstić information content (AvgIpc) is 3.03. The summed E-state index contributed by atoms with van der Waals surface area (Å²) in [5, 5.41) is 5.70. The number of nitrogens with zero attached hydrogens (tertiary/aromatic N) is 2. The number of aryl methyl sites for hydroxylation is 1. The fourth-order valence-electron chi connectivity index (χ4n) is 2.65. The quantitative estimate of drug-likeness (QED) is 0.714. The minimum atomic E-state index is 0.171. The van der Waals surface area contributed by atoms with Gasteiger partial charge in [0.15, 0.2) is 5.65 Å². The molecular formula is C14H14N4S. The van der Waals surface area contributed by atoms with Gasteiger partial charge in [0.2, 0.25) is 0 Å². The largest absolute Gasteiger partial charge is 0.339 e. The van der Waals surface area contributed by atoms with Crippen LogP contribution in [0, 0.1) is 6.92 Å². The molecule has 0 saturated heterocycles. The fourth-order valence-corrected chi connectivity index (χ4v) is 3.58. The number of hydrogen-bond acceptors (Lipinski definition) is 4. The van der Waals surface area contributed by atoms with Gasteiger partial charge in [-0.3, -0.25) is 0 Å². The second-order valence-electron chi connectivity index (χ2n) is 4.94. The van der Waals surface area contributed by atoms with Crippen molar-refractivity contribution in [1.29, 1.82) is 0 Å². The molecule has 1 aliphatic heterocycles. The van der Waals surface area contributed by atoms with Gasteiger partial charge in [0, 0.05) is 17.6 Å². The molecule has 4 heterocycles. The summed E-state index contributed by atoms with van der Waals surface area (Å²) in [5.74, 6) is 0.965. The third-order valence-electron chi connectivity index (χ3n) is 3.56. The van der Waals surface area contributed by atoms with Crippen LogP contribution in [0.2, 0.25) is 0 Å². The molecule has 0 bridgehead atoms. The third kappa shape index (κ3) is 1.77. The van der Waals surface area contributed by atoms with E-state index in [-0.39, 0.29) is 6.04 Å². The van der Waals surface area contributed by atoms with Gasteiger partial charge in [-0.1, -0.05) is 0 Å². The van der Waals surface area contributed by atoms with E-state index in [0.717, 1.165) is 35.5 Å². The predicted octanol–water partition coefficient (Wildman–Crippen LogP) is 2.56. The molecule has 2 N–H and O–H groups in total. The van der Waals surface area contributed by atoms with E-state index < -0.39 is 0 Å². The first kappa shape index (κ1) is 11.1. The molecule has 1 atom stereocenters. The maximum absolute atomic E-state index is 4.63. The van der Waals surface area contributed by atoms with E-state index in [1.807, 2.05) is 24.5 Å². The Morgan fingerprint density at radius 3 is 3.32 bits per heavy atom. The van der Waals surface area contributed by atoms with E-state index in [4.69, 9.17) is 0 Å². The average molecular weight is 270 g/mol. The number of pyridine rings is 1. The maximum Gasteiger partial charge on any atom is 0.177 e. The smallest absolute Gasteiger partial charge is 0.177 e. The zero-order valence-electron chi connectivity index (χ0n) is 10.6. The summed E-state index contributed by atoms with van der Waals surface area (Å²) >= 11 is 1.84. The fraction of sp³-hybridized carbons (Fsp3) is 0.286. The lowest BCUT2D eigenvalue weighted by atomic mass is 10.0. The molecule has 0 saturated carbocycles. The SMILES string of the molecule is Cc1cnc2nc(C3NCCc4sccc43)[nH]c2c1. The Bertz CT molecular complexity index is 743. The molecule has 4 nitrogen and oxygen atoms in total. The Balaban J connectivity index is 1.83. The van der Waals surface area contributed by atoms with Crippen LogP contribution in [0.3, 0.4) is 0 Å². The summed E-state index contributed by atoms with van der Waals surface area (Å²) < 4.78 is 0. The number of hydrogen-bond donors (Lipinski definition) is 2. The summed E-state index contributed by atoms with van der Waals surface area (Å²) in [6.07, 6.45) is 2.97. The van der Waals surface area contributed by atoms with Gasteiger partial charge in [0.05, 0.1) is 11.6 Å². The number of aromatic amines is 1. The predicted molar refractivity (Wildman–Crippen MR) is 76.5 cm³/mol. The van der Waals surface area contributed by atoms with Gasteiger partial charge < -0.3 is 10.3 Å². The van der Waals surface area contributed by atoms with Gasteiger partial charge in [-0.15, -0.1) is 11.3 Å². The molecule has 0 fully saturated rings. The van der Waals surface area contributed by atoms with Crippen molar-refractivity contribution in [2.24, 2.45) is 0 Å². The molecule has 0 amide bonds. The van der Waals surface area contributed by atoms with Crippen LogP contribution >= 0.6 is 11.3 Å². The number of imidazole rings is 1. The lowest BCUT2D eigenvalue weighted by molar-refractivity contribution is 0.555. The summed E-state index contributed by atoms with van der Waals surface area (Å²) in [7, 11) is 0. The third-order valence-corrected chi connectivity index (χ3v) is 4.55. The number of aromatic nitrogens is 3. The van der Waals surface area contributed by atoms with E-state index in [9.17, 15) is 0 Å². The number of H-pyrrole nitrogens is 1. The second-order valence-corrected chi connectivity index (χ2v) is 5.94. The zero-order chi connectivity index (χ0) is 12.8. The number of fused-ring (bicyclic) bond motifs is 2. The molecule has 1 aliphatic rings. The van der Waals surface area contributed by atoms with Crippen molar-refractivity contribution >= 4 is 22.5 Å². The van der Waals surface area contributed by atoms with Crippen molar-refractivity contribution in [3.63, 3.8) is 0 Å². The Morgan fingerprint density at radius 1 is 1.42 bits per heavy atom. The molecule has 1 unspecified atom stereocenters. The number of rotatable bonds is 1. The van der Waals surface area contributed by atoms with Crippen LogP contribution in [0.1, 0.15) is 27.9 Å². The Labute approximate surface area is 114 Å². The van der Waals surface area contributed by atoms with Crippen LogP contribution < -0.4 is 5.32 Å². The molecule has 0 spiro atoms. The summed E-state index contributed by atoms with van der Waals surface area (Å²) in [6.45, 7) is 3.05. The van der Waals surface area contributed by atoms with Crippen LogP contribution in [0.25, 0.3) is 11.2 Å². The Hall–Kier alpha value is -1.72. The van der Waals surface area contributed by atoms with Crippen LogP contribution in [0.15, 0.2) is 23.7 Å². The van der Waals surface area contributed by atoms with E-state index in [1.54, 1.807) is 0 Å². The van der Waals surface area contributed by atoms with Gasteiger partial charge in [-0.05, 0) is 42.0 Å². The lowest BCUT2D eigenvalue weighted by Gasteiger charge is -2.22. The lowest BCUT2D eigenvalue weighted by Crippen LogP contribution is -2.30. The van der Waals surface area contributed by atoms with Crippen molar-refractivity contribution in [2.45, 2.75) is 19.4 Å². The molecule has 0 aliphatic carbocycles. The summed E-state index contributed by atoms with van der Waals surface area (Å²) in [6, 6.07) is 4.46. The normalized spacial score (nSPS) is 18.7. The van der Waals surface area contributed by atoms with E-state index in [0.29, 0.717) is 0 Å². The minimum Gasteiger partial charge on any atom is -0.339 e. The molecule has 0 radical (unpaired) electrons. The molecule has 0 aromatic carbocycles. The highest BCUT2D eigenvalue weighted by molar-refractivity contribution is 7.10. The van der Waals surface area contributed by atoms with Gasteiger partial charge in [-0.25, -0.2) is 9.97 Å². The highest BCUT2D eigenvalue weighted by Gasteiger charge is 2.24. The van der Waals surface area contributed by atoms with Crippen molar-refractivity contribution in [3.05, 3.63) is 45.5 Å². The first-order valence-corrected chi connectivity index (χ1v) is 7.31. The first-order valence-electron chi connectivity index (χ1n) is 6.43. The van der Waals surface area contributed by atoms with E-state index >= 15 is 0 Å². The molecule has 3 aromatic rings. The molecule has 19 heavy (non-hydrogen) atoms. The molecule has 3 aromatic heterocycles. The van der Waals surface area contributed by atoms with E-state index in [2.05, 4.69) is 37.8 Å². The van der Waals surface area contributed by atoms with Gasteiger partial charge in [0.25, 0.3) is 0 Å². The van der Waals surface area contributed by atoms with Gasteiger partial charge in [0.1, 0.15) is 5.82 Å². The van der Waals surface area contributed by atoms with Gasteiger partial charge >= 0.3 is 0 Å². The molecule has 96 valence electrons. The summed E-state index contributed by atoms with van der Waals surface area (Å²) in [5.41, 5.74) is 4.31. The number of nitrogens with one attached hydrogen (secondary N) is 2. The standard InChI is InChI=1S/C14H14N4S/c1-8-6-10-13(16-7-8)18-14(17-10)12-9-3-5-19-11(9)2-4-15-12/h3,5-7,12,15H,2,4H2,1H3,(H,16,17,18). The molecule has 4 rings (SSSR count). The highest BCUT2D eigenvalue weighted by Crippen LogP contribution is 2.31. The molecular weight excluding hydrogens is 256 g/mol. The Morgan fingerprint density at radius 2 is 2.37 bits per heavy atom. The minimum absolute atomic E-state index is 0.171. The van der Waals surface area contributed by atoms with Crippen molar-refractivity contribution in [2.75, 3.05) is 6.54 Å². The van der Waals surface area contributed by atoms with Gasteiger partial charge in [-0.2, -0.15) is 0 Å². The topological polar surface area (TPSA) is 53.6 Å². The highest BCUT2D eigenvalue weighted by atomic mass is 32.1. The monoisotopic (exact) mass is 270 g/mol. The zero-order valence-corrected chi connectivity index (χ0v) is 11.4. The second kappa shape index (κ2) is 4.15. The van der Waals surface area contributed by atoms with Crippen LogP contribution in [-0.4, -0.2) is 21.5 Å². The molecule has 5 heteroatoms. The van der Waals surface area contributed by atoms with Crippen LogP contribution in [-0.2, 0) is 6.42 Å². The van der Waals surface area contributed by atoms with E-state index in [1.165, 1.54) is 10.4 Å². The van der Waals surface area contributed by atoms with Crippen molar-refractivity contribution in [1.82, 2.24) is 20.3 Å². The van der Waals surface area contributed by atoms with Crippen LogP contribution in [0.4, 0.5) is 0 Å². The Kier molecular flexibility index (Phi) is 2.43. The maximum atomic E-state index is 4.63. The number of thiophene rings is 1.